The van der Waals surface area contributed by atoms with Crippen LogP contribution in [0.1, 0.15) is 50.5 Å². The summed E-state index contributed by atoms with van der Waals surface area (Å²) in [5.74, 6) is -0.269. The maximum Gasteiger partial charge on any atom is 0.274 e. The number of nitrogens with one attached hydrogen (secondary N) is 2. The summed E-state index contributed by atoms with van der Waals surface area (Å²) in [6, 6.07) is 7.38. The Labute approximate surface area is 185 Å². The lowest BCUT2D eigenvalue weighted by molar-refractivity contribution is -0.0249. The SMILES string of the molecule is CNC(=O)c1ccc(-c2ccc([C@H]3CN(C(=O)c4n[nH]c5c4CCC5)CCO3)nc2)cn1. The second kappa shape index (κ2) is 8.51. The normalized spacial score (nSPS) is 17.8. The Morgan fingerprint density at radius 2 is 1.94 bits per heavy atom. The molecule has 4 heterocycles. The van der Waals surface area contributed by atoms with Crippen LogP contribution in [-0.4, -0.2) is 63.6 Å². The van der Waals surface area contributed by atoms with Crippen LogP contribution >= 0.6 is 0 Å². The van der Waals surface area contributed by atoms with Gasteiger partial charge < -0.3 is 15.0 Å². The van der Waals surface area contributed by atoms with Gasteiger partial charge in [0.1, 0.15) is 11.8 Å². The number of ether oxygens (including phenoxy) is 1. The lowest BCUT2D eigenvalue weighted by atomic mass is 10.1. The average molecular weight is 432 g/mol. The number of morpholine rings is 1. The Morgan fingerprint density at radius 1 is 1.12 bits per heavy atom. The van der Waals surface area contributed by atoms with Crippen molar-refractivity contribution in [3.63, 3.8) is 0 Å². The van der Waals surface area contributed by atoms with Crippen LogP contribution in [0, 0.1) is 0 Å². The molecule has 0 spiro atoms. The number of amides is 2. The van der Waals surface area contributed by atoms with Crippen LogP contribution in [-0.2, 0) is 17.6 Å². The van der Waals surface area contributed by atoms with Gasteiger partial charge in [0.15, 0.2) is 5.69 Å². The van der Waals surface area contributed by atoms with Crippen LogP contribution < -0.4 is 5.32 Å². The van der Waals surface area contributed by atoms with Gasteiger partial charge in [0, 0.05) is 48.4 Å². The summed E-state index contributed by atoms with van der Waals surface area (Å²) in [7, 11) is 1.57. The summed E-state index contributed by atoms with van der Waals surface area (Å²) in [4.78, 5) is 35.3. The molecule has 9 nitrogen and oxygen atoms in total. The molecule has 0 unspecified atom stereocenters. The van der Waals surface area contributed by atoms with Crippen LogP contribution in [0.2, 0.25) is 0 Å². The van der Waals surface area contributed by atoms with E-state index in [1.807, 2.05) is 18.2 Å². The average Bonchev–Trinajstić information content (AvgIpc) is 3.48. The standard InChI is InChI=1S/C23H24N6O3/c1-24-22(30)19-8-6-15(12-26-19)14-5-7-18(25-11-14)20-13-29(9-10-32-20)23(31)21-16-3-2-4-17(16)27-28-21/h5-8,11-12,20H,2-4,9-10,13H2,1H3,(H,24,30)(H,27,28)/t20-/m1/s1. The highest BCUT2D eigenvalue weighted by atomic mass is 16.5. The van der Waals surface area contributed by atoms with Crippen LogP contribution in [0.5, 0.6) is 0 Å². The molecule has 164 valence electrons. The molecule has 0 aromatic carbocycles. The Hall–Kier alpha value is -3.59. The molecule has 2 N–H and O–H groups in total. The van der Waals surface area contributed by atoms with Gasteiger partial charge in [-0.15, -0.1) is 0 Å². The molecule has 1 atom stereocenters. The minimum atomic E-state index is -0.289. The number of hydrogen-bond donors (Lipinski definition) is 2. The van der Waals surface area contributed by atoms with Gasteiger partial charge in [0.2, 0.25) is 0 Å². The van der Waals surface area contributed by atoms with E-state index >= 15 is 0 Å². The van der Waals surface area contributed by atoms with E-state index in [1.165, 1.54) is 0 Å². The molecule has 32 heavy (non-hydrogen) atoms. The fourth-order valence-corrected chi connectivity index (χ4v) is 4.25. The van der Waals surface area contributed by atoms with Crippen molar-refractivity contribution in [2.24, 2.45) is 0 Å². The van der Waals surface area contributed by atoms with Gasteiger partial charge in [-0.3, -0.25) is 24.7 Å². The molecule has 1 saturated heterocycles. The van der Waals surface area contributed by atoms with Gasteiger partial charge in [0.25, 0.3) is 11.8 Å². The van der Waals surface area contributed by atoms with E-state index in [1.54, 1.807) is 30.4 Å². The van der Waals surface area contributed by atoms with Crippen molar-refractivity contribution in [2.75, 3.05) is 26.7 Å². The molecule has 3 aromatic heterocycles. The maximum absolute atomic E-state index is 13.1. The molecule has 0 bridgehead atoms. The van der Waals surface area contributed by atoms with Gasteiger partial charge >= 0.3 is 0 Å². The third-order valence-electron chi connectivity index (χ3n) is 6.04. The number of aromatic nitrogens is 4. The van der Waals surface area contributed by atoms with Crippen LogP contribution in [0.3, 0.4) is 0 Å². The van der Waals surface area contributed by atoms with Crippen LogP contribution in [0.25, 0.3) is 11.1 Å². The molecule has 5 rings (SSSR count). The fraction of sp³-hybridized carbons (Fsp3) is 0.348. The molecule has 0 radical (unpaired) electrons. The number of pyridine rings is 2. The quantitative estimate of drug-likeness (QED) is 0.651. The van der Waals surface area contributed by atoms with E-state index in [-0.39, 0.29) is 17.9 Å². The van der Waals surface area contributed by atoms with Gasteiger partial charge in [-0.1, -0.05) is 12.1 Å². The number of carbonyl (C=O) groups excluding carboxylic acids is 2. The lowest BCUT2D eigenvalue weighted by Crippen LogP contribution is -2.42. The summed E-state index contributed by atoms with van der Waals surface area (Å²) in [6.07, 6.45) is 6.06. The van der Waals surface area contributed by atoms with E-state index in [0.717, 1.165) is 47.3 Å². The number of H-pyrrole nitrogens is 1. The Balaban J connectivity index is 1.28. The molecule has 1 aliphatic heterocycles. The molecule has 2 amide bonds. The van der Waals surface area contributed by atoms with Crippen molar-refractivity contribution < 1.29 is 14.3 Å². The zero-order chi connectivity index (χ0) is 22.1. The third-order valence-corrected chi connectivity index (χ3v) is 6.04. The number of aromatic amines is 1. The highest BCUT2D eigenvalue weighted by molar-refractivity contribution is 5.94. The summed E-state index contributed by atoms with van der Waals surface area (Å²) in [5, 5.41) is 9.85. The van der Waals surface area contributed by atoms with Crippen LogP contribution in [0.4, 0.5) is 0 Å². The topological polar surface area (TPSA) is 113 Å². The number of hydrogen-bond acceptors (Lipinski definition) is 6. The summed E-state index contributed by atoms with van der Waals surface area (Å²) < 4.78 is 5.91. The zero-order valence-corrected chi connectivity index (χ0v) is 17.8. The molecule has 2 aliphatic rings. The first-order valence-corrected chi connectivity index (χ1v) is 10.8. The predicted octanol–water partition coefficient (Wildman–Crippen LogP) is 1.93. The van der Waals surface area contributed by atoms with Gasteiger partial charge in [-0.25, -0.2) is 0 Å². The Morgan fingerprint density at radius 3 is 2.66 bits per heavy atom. The minimum absolute atomic E-state index is 0.0448. The zero-order valence-electron chi connectivity index (χ0n) is 17.8. The highest BCUT2D eigenvalue weighted by Gasteiger charge is 2.31. The van der Waals surface area contributed by atoms with Gasteiger partial charge in [0.05, 0.1) is 18.8 Å². The largest absolute Gasteiger partial charge is 0.368 e. The van der Waals surface area contributed by atoms with Gasteiger partial charge in [-0.2, -0.15) is 5.10 Å². The second-order valence-electron chi connectivity index (χ2n) is 7.98. The molecule has 0 saturated carbocycles. The lowest BCUT2D eigenvalue weighted by Gasteiger charge is -2.32. The fourth-order valence-electron chi connectivity index (χ4n) is 4.25. The number of carbonyl (C=O) groups is 2. The second-order valence-corrected chi connectivity index (χ2v) is 7.98. The number of nitrogens with zero attached hydrogens (tertiary/aromatic N) is 4. The van der Waals surface area contributed by atoms with E-state index in [4.69, 9.17) is 4.74 Å². The van der Waals surface area contributed by atoms with Crippen molar-refractivity contribution in [1.29, 1.82) is 0 Å². The van der Waals surface area contributed by atoms with Crippen molar-refractivity contribution in [3.8, 4) is 11.1 Å². The third kappa shape index (κ3) is 3.75. The number of fused-ring (bicyclic) bond motifs is 1. The Kier molecular flexibility index (Phi) is 5.40. The first-order chi connectivity index (χ1) is 15.6. The molecule has 3 aromatic rings. The summed E-state index contributed by atoms with van der Waals surface area (Å²) in [5.41, 5.74) is 5.60. The van der Waals surface area contributed by atoms with Crippen molar-refractivity contribution in [1.82, 2.24) is 30.4 Å². The molecule has 1 aliphatic carbocycles. The smallest absolute Gasteiger partial charge is 0.274 e. The van der Waals surface area contributed by atoms with E-state index < -0.39 is 0 Å². The van der Waals surface area contributed by atoms with E-state index in [9.17, 15) is 9.59 Å². The monoisotopic (exact) mass is 432 g/mol. The molecular weight excluding hydrogens is 408 g/mol. The number of aryl methyl sites for hydroxylation is 1. The highest BCUT2D eigenvalue weighted by Crippen LogP contribution is 2.27. The summed E-state index contributed by atoms with van der Waals surface area (Å²) >= 11 is 0. The molecule has 1 fully saturated rings. The van der Waals surface area contributed by atoms with Crippen molar-refractivity contribution in [2.45, 2.75) is 25.4 Å². The van der Waals surface area contributed by atoms with Crippen molar-refractivity contribution in [3.05, 3.63) is 65.0 Å². The maximum atomic E-state index is 13.1. The molecule has 9 heteroatoms. The van der Waals surface area contributed by atoms with Crippen LogP contribution in [0.15, 0.2) is 36.7 Å². The number of rotatable bonds is 4. The predicted molar refractivity (Wildman–Crippen MR) is 116 cm³/mol. The summed E-state index contributed by atoms with van der Waals surface area (Å²) in [6.45, 7) is 1.44. The first-order valence-electron chi connectivity index (χ1n) is 10.8. The first kappa shape index (κ1) is 20.3. The van der Waals surface area contributed by atoms with E-state index in [2.05, 4.69) is 25.5 Å². The van der Waals surface area contributed by atoms with Crippen molar-refractivity contribution >= 4 is 11.8 Å². The van der Waals surface area contributed by atoms with Gasteiger partial charge in [-0.05, 0) is 31.4 Å². The molecular formula is C23H24N6O3. The minimum Gasteiger partial charge on any atom is -0.368 e. The van der Waals surface area contributed by atoms with E-state index in [0.29, 0.717) is 31.1 Å². The Bertz CT molecular complexity index is 1140.